The van der Waals surface area contributed by atoms with Crippen molar-refractivity contribution in [2.45, 2.75) is 17.7 Å². The molecule has 0 aromatic heterocycles. The van der Waals surface area contributed by atoms with Gasteiger partial charge in [-0.05, 0) is 36.8 Å². The summed E-state index contributed by atoms with van der Waals surface area (Å²) in [7, 11) is -3.85. The number of benzene rings is 2. The lowest BCUT2D eigenvalue weighted by molar-refractivity contribution is 0.0698. The molecule has 0 saturated heterocycles. The Labute approximate surface area is 133 Å². The summed E-state index contributed by atoms with van der Waals surface area (Å²) in [4.78, 5) is 11.3. The SMILES string of the molecule is Cc1ccc(S(=O)(=O)Nc2ccc(CCl)cc2C(=O)O)cc1. The van der Waals surface area contributed by atoms with Gasteiger partial charge < -0.3 is 5.11 Å². The Kier molecular flexibility index (Phi) is 4.73. The van der Waals surface area contributed by atoms with Gasteiger partial charge in [0.2, 0.25) is 0 Å². The molecule has 5 nitrogen and oxygen atoms in total. The van der Waals surface area contributed by atoms with Crippen LogP contribution in [0.4, 0.5) is 5.69 Å². The molecule has 0 heterocycles. The maximum atomic E-state index is 12.3. The molecule has 0 saturated carbocycles. The van der Waals surface area contributed by atoms with E-state index in [-0.39, 0.29) is 22.0 Å². The summed E-state index contributed by atoms with van der Waals surface area (Å²) in [6.45, 7) is 1.84. The molecule has 22 heavy (non-hydrogen) atoms. The van der Waals surface area contributed by atoms with Crippen LogP contribution >= 0.6 is 11.6 Å². The number of nitrogens with one attached hydrogen (secondary N) is 1. The van der Waals surface area contributed by atoms with E-state index in [9.17, 15) is 18.3 Å². The average molecular weight is 340 g/mol. The van der Waals surface area contributed by atoms with Gasteiger partial charge in [-0.2, -0.15) is 0 Å². The highest BCUT2D eigenvalue weighted by atomic mass is 35.5. The Bertz CT molecular complexity index is 801. The van der Waals surface area contributed by atoms with Gasteiger partial charge in [0.15, 0.2) is 0 Å². The molecule has 0 amide bonds. The molecule has 0 spiro atoms. The van der Waals surface area contributed by atoms with Crippen molar-refractivity contribution in [3.63, 3.8) is 0 Å². The number of carboxylic acid groups (broad SMARTS) is 1. The predicted octanol–water partition coefficient (Wildman–Crippen LogP) is 3.23. The predicted molar refractivity (Wildman–Crippen MR) is 84.9 cm³/mol. The van der Waals surface area contributed by atoms with E-state index < -0.39 is 16.0 Å². The highest BCUT2D eigenvalue weighted by Crippen LogP contribution is 2.22. The van der Waals surface area contributed by atoms with E-state index in [1.54, 1.807) is 18.2 Å². The van der Waals surface area contributed by atoms with Crippen LogP contribution in [-0.2, 0) is 15.9 Å². The van der Waals surface area contributed by atoms with Gasteiger partial charge in [-0.3, -0.25) is 4.72 Å². The highest BCUT2D eigenvalue weighted by Gasteiger charge is 2.18. The first-order valence-electron chi connectivity index (χ1n) is 6.35. The van der Waals surface area contributed by atoms with Gasteiger partial charge in [-0.25, -0.2) is 13.2 Å². The van der Waals surface area contributed by atoms with Gasteiger partial charge in [-0.1, -0.05) is 23.8 Å². The number of rotatable bonds is 5. The molecule has 116 valence electrons. The number of carbonyl (C=O) groups is 1. The van der Waals surface area contributed by atoms with Crippen LogP contribution < -0.4 is 4.72 Å². The molecule has 0 unspecified atom stereocenters. The Hall–Kier alpha value is -2.05. The van der Waals surface area contributed by atoms with E-state index in [0.29, 0.717) is 5.56 Å². The lowest BCUT2D eigenvalue weighted by atomic mass is 10.1. The number of halogens is 1. The first-order valence-corrected chi connectivity index (χ1v) is 8.37. The van der Waals surface area contributed by atoms with E-state index >= 15 is 0 Å². The van der Waals surface area contributed by atoms with Crippen molar-refractivity contribution < 1.29 is 18.3 Å². The second kappa shape index (κ2) is 6.37. The largest absolute Gasteiger partial charge is 0.478 e. The fraction of sp³-hybridized carbons (Fsp3) is 0.133. The Morgan fingerprint density at radius 2 is 1.82 bits per heavy atom. The minimum Gasteiger partial charge on any atom is -0.478 e. The molecule has 2 rings (SSSR count). The third kappa shape index (κ3) is 3.58. The Morgan fingerprint density at radius 3 is 2.36 bits per heavy atom. The number of aromatic carboxylic acids is 1. The number of sulfonamides is 1. The van der Waals surface area contributed by atoms with Crippen LogP contribution in [0.3, 0.4) is 0 Å². The number of alkyl halides is 1. The number of hydrogen-bond donors (Lipinski definition) is 2. The van der Waals surface area contributed by atoms with Crippen molar-refractivity contribution in [2.24, 2.45) is 0 Å². The molecule has 7 heteroatoms. The fourth-order valence-electron chi connectivity index (χ4n) is 1.86. The van der Waals surface area contributed by atoms with Crippen LogP contribution in [0.5, 0.6) is 0 Å². The molecular formula is C15H14ClNO4S. The van der Waals surface area contributed by atoms with Crippen molar-refractivity contribution in [2.75, 3.05) is 4.72 Å². The Balaban J connectivity index is 2.41. The van der Waals surface area contributed by atoms with Gasteiger partial charge in [0, 0.05) is 5.88 Å². The molecule has 2 N–H and O–H groups in total. The summed E-state index contributed by atoms with van der Waals surface area (Å²) in [5.41, 5.74) is 1.38. The fourth-order valence-corrected chi connectivity index (χ4v) is 3.11. The van der Waals surface area contributed by atoms with Crippen LogP contribution in [-0.4, -0.2) is 19.5 Å². The lowest BCUT2D eigenvalue weighted by Gasteiger charge is -2.11. The molecule has 2 aromatic carbocycles. The highest BCUT2D eigenvalue weighted by molar-refractivity contribution is 7.92. The van der Waals surface area contributed by atoms with E-state index in [2.05, 4.69) is 4.72 Å². The summed E-state index contributed by atoms with van der Waals surface area (Å²) >= 11 is 5.67. The van der Waals surface area contributed by atoms with Gasteiger partial charge >= 0.3 is 5.97 Å². The average Bonchev–Trinajstić information content (AvgIpc) is 2.47. The van der Waals surface area contributed by atoms with Crippen LogP contribution in [0.25, 0.3) is 0 Å². The second-order valence-electron chi connectivity index (χ2n) is 4.74. The molecule has 2 aromatic rings. The summed E-state index contributed by atoms with van der Waals surface area (Å²) in [5.74, 6) is -1.08. The molecular weight excluding hydrogens is 326 g/mol. The monoisotopic (exact) mass is 339 g/mol. The van der Waals surface area contributed by atoms with Crippen LogP contribution in [0.2, 0.25) is 0 Å². The maximum absolute atomic E-state index is 12.3. The van der Waals surface area contributed by atoms with E-state index in [0.717, 1.165) is 5.56 Å². The summed E-state index contributed by atoms with van der Waals surface area (Å²) in [6, 6.07) is 10.6. The van der Waals surface area contributed by atoms with Crippen molar-refractivity contribution >= 4 is 33.3 Å². The summed E-state index contributed by atoms with van der Waals surface area (Å²) in [6.07, 6.45) is 0. The number of anilines is 1. The van der Waals surface area contributed by atoms with Crippen molar-refractivity contribution in [1.82, 2.24) is 0 Å². The zero-order valence-corrected chi connectivity index (χ0v) is 13.3. The molecule has 0 aliphatic heterocycles. The number of aryl methyl sites for hydroxylation is 1. The number of hydrogen-bond acceptors (Lipinski definition) is 3. The van der Waals surface area contributed by atoms with Crippen molar-refractivity contribution in [3.05, 3.63) is 59.2 Å². The molecule has 0 aliphatic rings. The van der Waals surface area contributed by atoms with E-state index in [1.807, 2.05) is 6.92 Å². The topological polar surface area (TPSA) is 83.5 Å². The van der Waals surface area contributed by atoms with Gasteiger partial charge in [0.05, 0.1) is 16.1 Å². The smallest absolute Gasteiger partial charge is 0.337 e. The van der Waals surface area contributed by atoms with Gasteiger partial charge in [0.25, 0.3) is 10.0 Å². The minimum absolute atomic E-state index is 0.00180. The molecule has 0 aliphatic carbocycles. The minimum atomic E-state index is -3.85. The maximum Gasteiger partial charge on any atom is 0.337 e. The van der Waals surface area contributed by atoms with E-state index in [4.69, 9.17) is 11.6 Å². The third-order valence-corrected chi connectivity index (χ3v) is 4.73. The van der Waals surface area contributed by atoms with E-state index in [1.165, 1.54) is 24.3 Å². The lowest BCUT2D eigenvalue weighted by Crippen LogP contribution is -2.15. The zero-order valence-electron chi connectivity index (χ0n) is 11.7. The molecule has 0 atom stereocenters. The summed E-state index contributed by atoms with van der Waals surface area (Å²) < 4.78 is 26.9. The van der Waals surface area contributed by atoms with Gasteiger partial charge in [-0.15, -0.1) is 11.6 Å². The Morgan fingerprint density at radius 1 is 1.18 bits per heavy atom. The first kappa shape index (κ1) is 16.3. The summed E-state index contributed by atoms with van der Waals surface area (Å²) in [5, 5.41) is 9.21. The van der Waals surface area contributed by atoms with Gasteiger partial charge in [0.1, 0.15) is 0 Å². The zero-order chi connectivity index (χ0) is 16.3. The third-order valence-electron chi connectivity index (χ3n) is 3.04. The first-order chi connectivity index (χ1) is 10.3. The molecule has 0 fully saturated rings. The van der Waals surface area contributed by atoms with Crippen molar-refractivity contribution in [3.8, 4) is 0 Å². The van der Waals surface area contributed by atoms with Crippen LogP contribution in [0.1, 0.15) is 21.5 Å². The number of carboxylic acids is 1. The second-order valence-corrected chi connectivity index (χ2v) is 6.69. The van der Waals surface area contributed by atoms with Crippen LogP contribution in [0, 0.1) is 6.92 Å². The standard InChI is InChI=1S/C15H14ClNO4S/c1-10-2-5-12(6-3-10)22(20,21)17-14-7-4-11(9-16)8-13(14)15(18)19/h2-8,17H,9H2,1H3,(H,18,19). The molecule has 0 bridgehead atoms. The normalized spacial score (nSPS) is 11.2. The quantitative estimate of drug-likeness (QED) is 0.819. The van der Waals surface area contributed by atoms with Crippen LogP contribution in [0.15, 0.2) is 47.4 Å². The molecule has 0 radical (unpaired) electrons. The van der Waals surface area contributed by atoms with Crippen molar-refractivity contribution in [1.29, 1.82) is 0 Å².